The molecular formula is C14H28O. The Labute approximate surface area is 95.6 Å². The highest BCUT2D eigenvalue weighted by molar-refractivity contribution is 4.68. The van der Waals surface area contributed by atoms with Crippen LogP contribution in [0.25, 0.3) is 0 Å². The van der Waals surface area contributed by atoms with Gasteiger partial charge >= 0.3 is 0 Å². The monoisotopic (exact) mass is 212 g/mol. The van der Waals surface area contributed by atoms with E-state index in [0.29, 0.717) is 6.10 Å². The van der Waals surface area contributed by atoms with Crippen LogP contribution in [0.1, 0.15) is 71.6 Å². The molecule has 1 rings (SSSR count). The first-order valence-electron chi connectivity index (χ1n) is 6.94. The minimum Gasteiger partial charge on any atom is -0.373 e. The lowest BCUT2D eigenvalue weighted by Gasteiger charge is -2.07. The lowest BCUT2D eigenvalue weighted by molar-refractivity contribution is 0.387. The topological polar surface area (TPSA) is 12.5 Å². The van der Waals surface area contributed by atoms with Gasteiger partial charge in [0.2, 0.25) is 0 Å². The fraction of sp³-hybridized carbons (Fsp3) is 1.00. The van der Waals surface area contributed by atoms with Gasteiger partial charge in [0.05, 0.1) is 12.7 Å². The maximum atomic E-state index is 5.19. The molecule has 0 N–H and O–H groups in total. The minimum absolute atomic E-state index is 0.649. The molecule has 90 valence electrons. The maximum absolute atomic E-state index is 5.19. The summed E-state index contributed by atoms with van der Waals surface area (Å²) in [6, 6.07) is 0. The number of hydrogen-bond acceptors (Lipinski definition) is 1. The molecular weight excluding hydrogens is 184 g/mol. The van der Waals surface area contributed by atoms with Crippen LogP contribution in [0.4, 0.5) is 0 Å². The van der Waals surface area contributed by atoms with Crippen LogP contribution in [0.15, 0.2) is 0 Å². The van der Waals surface area contributed by atoms with Crippen molar-refractivity contribution in [1.82, 2.24) is 0 Å². The van der Waals surface area contributed by atoms with E-state index < -0.39 is 0 Å². The summed E-state index contributed by atoms with van der Waals surface area (Å²) in [6.07, 6.45) is 13.3. The third-order valence-electron chi connectivity index (χ3n) is 3.57. The second-order valence-corrected chi connectivity index (χ2v) is 5.17. The molecule has 0 spiro atoms. The summed E-state index contributed by atoms with van der Waals surface area (Å²) >= 11 is 0. The molecule has 1 saturated heterocycles. The molecule has 0 aromatic carbocycles. The summed E-state index contributed by atoms with van der Waals surface area (Å²) in [5, 5.41) is 0. The Morgan fingerprint density at radius 3 is 2.27 bits per heavy atom. The van der Waals surface area contributed by atoms with Crippen molar-refractivity contribution in [2.45, 2.75) is 77.7 Å². The SMILES string of the molecule is CCC(C)CCCCCCCCC1CO1. The van der Waals surface area contributed by atoms with Gasteiger partial charge in [0, 0.05) is 0 Å². The molecule has 2 unspecified atom stereocenters. The van der Waals surface area contributed by atoms with Gasteiger partial charge in [-0.3, -0.25) is 0 Å². The highest BCUT2D eigenvalue weighted by Crippen LogP contribution is 2.18. The molecule has 1 heterocycles. The van der Waals surface area contributed by atoms with Gasteiger partial charge in [-0.1, -0.05) is 65.2 Å². The molecule has 0 radical (unpaired) electrons. The van der Waals surface area contributed by atoms with Crippen molar-refractivity contribution in [2.24, 2.45) is 5.92 Å². The summed E-state index contributed by atoms with van der Waals surface area (Å²) in [7, 11) is 0. The number of unbranched alkanes of at least 4 members (excludes halogenated alkanes) is 5. The predicted octanol–water partition coefficient (Wildman–Crippen LogP) is 4.55. The second kappa shape index (κ2) is 8.15. The van der Waals surface area contributed by atoms with Crippen molar-refractivity contribution >= 4 is 0 Å². The van der Waals surface area contributed by atoms with Crippen molar-refractivity contribution < 1.29 is 4.74 Å². The van der Waals surface area contributed by atoms with Crippen LogP contribution in [0.3, 0.4) is 0 Å². The van der Waals surface area contributed by atoms with Crippen molar-refractivity contribution in [3.05, 3.63) is 0 Å². The minimum atomic E-state index is 0.649. The summed E-state index contributed by atoms with van der Waals surface area (Å²) < 4.78 is 5.19. The predicted molar refractivity (Wildman–Crippen MR) is 66.1 cm³/mol. The second-order valence-electron chi connectivity index (χ2n) is 5.17. The van der Waals surface area contributed by atoms with E-state index in [9.17, 15) is 0 Å². The Hall–Kier alpha value is -0.0400. The summed E-state index contributed by atoms with van der Waals surface area (Å²) in [6.45, 7) is 5.70. The van der Waals surface area contributed by atoms with Gasteiger partial charge in [-0.25, -0.2) is 0 Å². The Balaban J connectivity index is 1.68. The normalized spacial score (nSPS) is 21.6. The lowest BCUT2D eigenvalue weighted by Crippen LogP contribution is -1.91. The summed E-state index contributed by atoms with van der Waals surface area (Å²) in [5.41, 5.74) is 0. The number of ether oxygens (including phenoxy) is 1. The first-order valence-corrected chi connectivity index (χ1v) is 6.94. The molecule has 0 aromatic rings. The van der Waals surface area contributed by atoms with Gasteiger partial charge in [0.1, 0.15) is 0 Å². The molecule has 0 aromatic heterocycles. The Morgan fingerprint density at radius 2 is 1.67 bits per heavy atom. The van der Waals surface area contributed by atoms with Crippen LogP contribution in [-0.4, -0.2) is 12.7 Å². The van der Waals surface area contributed by atoms with Gasteiger partial charge in [-0.05, 0) is 12.3 Å². The molecule has 1 aliphatic heterocycles. The molecule has 0 amide bonds. The molecule has 1 nitrogen and oxygen atoms in total. The average molecular weight is 212 g/mol. The zero-order valence-corrected chi connectivity index (χ0v) is 10.6. The molecule has 0 saturated carbocycles. The van der Waals surface area contributed by atoms with Gasteiger partial charge in [-0.2, -0.15) is 0 Å². The van der Waals surface area contributed by atoms with E-state index in [-0.39, 0.29) is 0 Å². The molecule has 0 aliphatic carbocycles. The van der Waals surface area contributed by atoms with Gasteiger partial charge < -0.3 is 4.74 Å². The zero-order valence-electron chi connectivity index (χ0n) is 10.6. The molecule has 1 heteroatoms. The van der Waals surface area contributed by atoms with E-state index >= 15 is 0 Å². The van der Waals surface area contributed by atoms with Crippen LogP contribution in [0.5, 0.6) is 0 Å². The Morgan fingerprint density at radius 1 is 1.07 bits per heavy atom. The summed E-state index contributed by atoms with van der Waals surface area (Å²) in [5.74, 6) is 0.942. The first-order chi connectivity index (χ1) is 7.33. The molecule has 1 fully saturated rings. The fourth-order valence-corrected chi connectivity index (χ4v) is 2.01. The van der Waals surface area contributed by atoms with E-state index in [2.05, 4.69) is 13.8 Å². The van der Waals surface area contributed by atoms with E-state index in [1.807, 2.05) is 0 Å². The Kier molecular flexibility index (Phi) is 7.08. The standard InChI is InChI=1S/C14H28O/c1-3-13(2)10-8-6-4-5-7-9-11-14-12-15-14/h13-14H,3-12H2,1-2H3. The highest BCUT2D eigenvalue weighted by atomic mass is 16.6. The molecule has 15 heavy (non-hydrogen) atoms. The fourth-order valence-electron chi connectivity index (χ4n) is 2.01. The highest BCUT2D eigenvalue weighted by Gasteiger charge is 2.20. The van der Waals surface area contributed by atoms with Crippen LogP contribution < -0.4 is 0 Å². The Bertz CT molecular complexity index is 140. The lowest BCUT2D eigenvalue weighted by atomic mass is 10.00. The van der Waals surface area contributed by atoms with E-state index in [1.165, 1.54) is 57.8 Å². The molecule has 2 atom stereocenters. The first kappa shape index (κ1) is 13.0. The van der Waals surface area contributed by atoms with Crippen LogP contribution >= 0.6 is 0 Å². The summed E-state index contributed by atoms with van der Waals surface area (Å²) in [4.78, 5) is 0. The quantitative estimate of drug-likeness (QED) is 0.382. The zero-order chi connectivity index (χ0) is 10.9. The van der Waals surface area contributed by atoms with Gasteiger partial charge in [0.15, 0.2) is 0 Å². The van der Waals surface area contributed by atoms with Crippen molar-refractivity contribution in [1.29, 1.82) is 0 Å². The van der Waals surface area contributed by atoms with Crippen LogP contribution in [0.2, 0.25) is 0 Å². The van der Waals surface area contributed by atoms with Crippen LogP contribution in [0, 0.1) is 5.92 Å². The maximum Gasteiger partial charge on any atom is 0.0810 e. The van der Waals surface area contributed by atoms with E-state index in [0.717, 1.165) is 12.5 Å². The van der Waals surface area contributed by atoms with Gasteiger partial charge in [-0.15, -0.1) is 0 Å². The third kappa shape index (κ3) is 7.84. The number of hydrogen-bond donors (Lipinski definition) is 0. The molecule has 0 bridgehead atoms. The van der Waals surface area contributed by atoms with Crippen LogP contribution in [-0.2, 0) is 4.74 Å². The van der Waals surface area contributed by atoms with Crippen molar-refractivity contribution in [3.8, 4) is 0 Å². The number of epoxide rings is 1. The van der Waals surface area contributed by atoms with E-state index in [1.54, 1.807) is 0 Å². The van der Waals surface area contributed by atoms with E-state index in [4.69, 9.17) is 4.74 Å². The largest absolute Gasteiger partial charge is 0.373 e. The average Bonchev–Trinajstić information content (AvgIpc) is 3.05. The van der Waals surface area contributed by atoms with Gasteiger partial charge in [0.25, 0.3) is 0 Å². The number of rotatable bonds is 10. The van der Waals surface area contributed by atoms with Crippen molar-refractivity contribution in [3.63, 3.8) is 0 Å². The third-order valence-corrected chi connectivity index (χ3v) is 3.57. The smallest absolute Gasteiger partial charge is 0.0810 e. The molecule has 1 aliphatic rings. The van der Waals surface area contributed by atoms with Crippen molar-refractivity contribution in [2.75, 3.05) is 6.61 Å².